The first kappa shape index (κ1) is 16.8. The summed E-state index contributed by atoms with van der Waals surface area (Å²) in [5.74, 6) is 0. The molecule has 2 amide bonds. The molecule has 3 rings (SSSR count). The van der Waals surface area contributed by atoms with Crippen molar-refractivity contribution in [2.75, 3.05) is 6.54 Å². The number of aryl methyl sites for hydroxylation is 1. The fraction of sp³-hybridized carbons (Fsp3) is 0.579. The number of hydrogen-bond donors (Lipinski definition) is 1. The fourth-order valence-corrected chi connectivity index (χ4v) is 3.53. The van der Waals surface area contributed by atoms with Crippen LogP contribution in [-0.4, -0.2) is 32.9 Å². The molecular formula is C19H28N4O. The number of urea groups is 1. The van der Waals surface area contributed by atoms with Gasteiger partial charge in [0.1, 0.15) is 5.65 Å². The van der Waals surface area contributed by atoms with E-state index in [1.807, 2.05) is 33.8 Å². The minimum Gasteiger partial charge on any atom is -0.332 e. The maximum atomic E-state index is 12.6. The van der Waals surface area contributed by atoms with E-state index in [-0.39, 0.29) is 11.4 Å². The van der Waals surface area contributed by atoms with Crippen LogP contribution in [0.15, 0.2) is 24.5 Å². The topological polar surface area (TPSA) is 49.6 Å². The highest BCUT2D eigenvalue weighted by Crippen LogP contribution is 2.29. The van der Waals surface area contributed by atoms with E-state index in [0.717, 1.165) is 37.1 Å². The Kier molecular flexibility index (Phi) is 4.52. The molecule has 1 aliphatic rings. The summed E-state index contributed by atoms with van der Waals surface area (Å²) in [5, 5.41) is 3.04. The number of amides is 2. The molecule has 0 aromatic carbocycles. The lowest BCUT2D eigenvalue weighted by Gasteiger charge is -2.30. The molecule has 0 unspecified atom stereocenters. The molecule has 130 valence electrons. The lowest BCUT2D eigenvalue weighted by molar-refractivity contribution is 0.174. The highest BCUT2D eigenvalue weighted by atomic mass is 16.2. The fourth-order valence-electron chi connectivity index (χ4n) is 3.53. The van der Waals surface area contributed by atoms with Crippen LogP contribution in [0.1, 0.15) is 51.3 Å². The molecule has 0 spiro atoms. The summed E-state index contributed by atoms with van der Waals surface area (Å²) >= 11 is 0. The predicted octanol–water partition coefficient (Wildman–Crippen LogP) is 3.75. The van der Waals surface area contributed by atoms with Crippen LogP contribution in [-0.2, 0) is 6.54 Å². The van der Waals surface area contributed by atoms with Gasteiger partial charge >= 0.3 is 6.03 Å². The van der Waals surface area contributed by atoms with E-state index >= 15 is 0 Å². The second kappa shape index (κ2) is 6.46. The number of imidazole rings is 1. The molecule has 1 aliphatic heterocycles. The van der Waals surface area contributed by atoms with Gasteiger partial charge in [-0.25, -0.2) is 9.78 Å². The monoisotopic (exact) mass is 328 g/mol. The summed E-state index contributed by atoms with van der Waals surface area (Å²) in [7, 11) is 0. The molecule has 1 N–H and O–H groups in total. The first-order valence-corrected chi connectivity index (χ1v) is 8.80. The van der Waals surface area contributed by atoms with Gasteiger partial charge in [-0.1, -0.05) is 26.8 Å². The van der Waals surface area contributed by atoms with E-state index in [1.54, 1.807) is 0 Å². The minimum absolute atomic E-state index is 0.0370. The molecule has 1 saturated heterocycles. The standard InChI is InChI=1S/C19H28N4O/c1-14-7-8-17-21-15(13-22(17)12-14)11-20-18(24)23-9-5-6-16(23)10-19(2,3)4/h7-8,12-13,16H,5-6,9-11H2,1-4H3,(H,20,24)/t16-/m1/s1. The number of fused-ring (bicyclic) bond motifs is 1. The molecule has 5 nitrogen and oxygen atoms in total. The second-order valence-corrected chi connectivity index (χ2v) is 8.12. The maximum absolute atomic E-state index is 12.6. The van der Waals surface area contributed by atoms with E-state index in [9.17, 15) is 4.79 Å². The van der Waals surface area contributed by atoms with E-state index in [2.05, 4.69) is 38.0 Å². The number of carbonyl (C=O) groups excluding carboxylic acids is 1. The lowest BCUT2D eigenvalue weighted by atomic mass is 9.87. The number of rotatable bonds is 3. The SMILES string of the molecule is Cc1ccc2nc(CNC(=O)N3CCC[C@@H]3CC(C)(C)C)cn2c1. The van der Waals surface area contributed by atoms with Crippen molar-refractivity contribution in [2.24, 2.45) is 5.41 Å². The largest absolute Gasteiger partial charge is 0.332 e. The van der Waals surface area contributed by atoms with Gasteiger partial charge in [0.25, 0.3) is 0 Å². The van der Waals surface area contributed by atoms with Crippen molar-refractivity contribution in [2.45, 2.75) is 59.5 Å². The van der Waals surface area contributed by atoms with Crippen LogP contribution < -0.4 is 5.32 Å². The Morgan fingerprint density at radius 3 is 2.88 bits per heavy atom. The van der Waals surface area contributed by atoms with Crippen molar-refractivity contribution in [3.63, 3.8) is 0 Å². The molecule has 1 atom stereocenters. The Morgan fingerprint density at radius 1 is 1.33 bits per heavy atom. The molecule has 2 aromatic rings. The van der Waals surface area contributed by atoms with Crippen LogP contribution in [0, 0.1) is 12.3 Å². The van der Waals surface area contributed by atoms with Gasteiger partial charge in [-0.3, -0.25) is 0 Å². The van der Waals surface area contributed by atoms with Crippen molar-refractivity contribution in [3.8, 4) is 0 Å². The summed E-state index contributed by atoms with van der Waals surface area (Å²) in [6.45, 7) is 10.1. The Bertz CT molecular complexity index is 729. The van der Waals surface area contributed by atoms with Crippen molar-refractivity contribution in [3.05, 3.63) is 35.8 Å². The highest BCUT2D eigenvalue weighted by molar-refractivity contribution is 5.74. The van der Waals surface area contributed by atoms with Gasteiger partial charge in [-0.05, 0) is 43.2 Å². The summed E-state index contributed by atoms with van der Waals surface area (Å²) in [5.41, 5.74) is 3.24. The molecule has 0 aliphatic carbocycles. The molecule has 24 heavy (non-hydrogen) atoms. The Morgan fingerprint density at radius 2 is 2.12 bits per heavy atom. The van der Waals surface area contributed by atoms with Gasteiger partial charge in [0.2, 0.25) is 0 Å². The number of nitrogens with zero attached hydrogens (tertiary/aromatic N) is 3. The maximum Gasteiger partial charge on any atom is 0.317 e. The quantitative estimate of drug-likeness (QED) is 0.933. The van der Waals surface area contributed by atoms with Crippen molar-refractivity contribution >= 4 is 11.7 Å². The van der Waals surface area contributed by atoms with E-state index < -0.39 is 0 Å². The third-order valence-corrected chi connectivity index (χ3v) is 4.56. The summed E-state index contributed by atoms with van der Waals surface area (Å²) in [6.07, 6.45) is 7.29. The molecule has 2 aromatic heterocycles. The van der Waals surface area contributed by atoms with Gasteiger partial charge in [0, 0.05) is 25.0 Å². The summed E-state index contributed by atoms with van der Waals surface area (Å²) < 4.78 is 2.01. The third-order valence-electron chi connectivity index (χ3n) is 4.56. The number of aromatic nitrogens is 2. The molecule has 0 saturated carbocycles. The second-order valence-electron chi connectivity index (χ2n) is 8.12. The zero-order valence-electron chi connectivity index (χ0n) is 15.2. The van der Waals surface area contributed by atoms with Crippen LogP contribution in [0.25, 0.3) is 5.65 Å². The van der Waals surface area contributed by atoms with Crippen molar-refractivity contribution in [1.82, 2.24) is 19.6 Å². The number of carbonyl (C=O) groups is 1. The van der Waals surface area contributed by atoms with E-state index in [4.69, 9.17) is 0 Å². The molecule has 5 heteroatoms. The average Bonchev–Trinajstić information content (AvgIpc) is 3.08. The van der Waals surface area contributed by atoms with Gasteiger partial charge in [-0.15, -0.1) is 0 Å². The van der Waals surface area contributed by atoms with Crippen LogP contribution in [0.4, 0.5) is 4.79 Å². The van der Waals surface area contributed by atoms with Crippen LogP contribution in [0.2, 0.25) is 0 Å². The highest BCUT2D eigenvalue weighted by Gasteiger charge is 2.31. The van der Waals surface area contributed by atoms with Crippen molar-refractivity contribution < 1.29 is 4.79 Å². The lowest BCUT2D eigenvalue weighted by Crippen LogP contribution is -2.43. The first-order chi connectivity index (χ1) is 11.3. The molecule has 0 bridgehead atoms. The van der Waals surface area contributed by atoms with Gasteiger partial charge < -0.3 is 14.6 Å². The number of hydrogen-bond acceptors (Lipinski definition) is 2. The van der Waals surface area contributed by atoms with Crippen LogP contribution >= 0.6 is 0 Å². The summed E-state index contributed by atoms with van der Waals surface area (Å²) in [4.78, 5) is 19.1. The smallest absolute Gasteiger partial charge is 0.317 e. The van der Waals surface area contributed by atoms with Gasteiger partial charge in [0.05, 0.1) is 12.2 Å². The summed E-state index contributed by atoms with van der Waals surface area (Å²) in [6, 6.07) is 4.44. The first-order valence-electron chi connectivity index (χ1n) is 8.80. The number of likely N-dealkylation sites (tertiary alicyclic amines) is 1. The molecule has 3 heterocycles. The number of nitrogens with one attached hydrogen (secondary N) is 1. The van der Waals surface area contributed by atoms with E-state index in [0.29, 0.717) is 12.6 Å². The van der Waals surface area contributed by atoms with Crippen LogP contribution in [0.3, 0.4) is 0 Å². The van der Waals surface area contributed by atoms with Gasteiger partial charge in [0.15, 0.2) is 0 Å². The Labute approximate surface area is 144 Å². The predicted molar refractivity (Wildman–Crippen MR) is 96.0 cm³/mol. The Hall–Kier alpha value is -2.04. The van der Waals surface area contributed by atoms with Crippen LogP contribution in [0.5, 0.6) is 0 Å². The van der Waals surface area contributed by atoms with E-state index in [1.165, 1.54) is 5.56 Å². The third kappa shape index (κ3) is 3.89. The molecule has 0 radical (unpaired) electrons. The molecule has 1 fully saturated rings. The average molecular weight is 328 g/mol. The zero-order valence-corrected chi connectivity index (χ0v) is 15.2. The number of pyridine rings is 1. The minimum atomic E-state index is 0.0370. The van der Waals surface area contributed by atoms with Gasteiger partial charge in [-0.2, -0.15) is 0 Å². The zero-order chi connectivity index (χ0) is 17.3. The molecular weight excluding hydrogens is 300 g/mol. The normalized spacial score (nSPS) is 18.3. The Balaban J connectivity index is 1.61. The van der Waals surface area contributed by atoms with Crippen molar-refractivity contribution in [1.29, 1.82) is 0 Å².